The van der Waals surface area contributed by atoms with E-state index in [0.29, 0.717) is 6.42 Å². The number of Topliss-reactive ketones (excluding diaryl/α,β-unsaturated/α-hetero) is 1. The average molecular weight is 218 g/mol. The molecule has 1 aromatic carbocycles. The summed E-state index contributed by atoms with van der Waals surface area (Å²) in [6.45, 7) is 7.87. The van der Waals surface area contributed by atoms with Gasteiger partial charge in [-0.2, -0.15) is 0 Å². The minimum atomic E-state index is -0.332. The number of aryl methyl sites for hydroxylation is 1. The van der Waals surface area contributed by atoms with Gasteiger partial charge in [-0.25, -0.2) is 0 Å². The second-order valence-corrected chi connectivity index (χ2v) is 5.54. The van der Waals surface area contributed by atoms with Gasteiger partial charge in [0.2, 0.25) is 0 Å². The van der Waals surface area contributed by atoms with Gasteiger partial charge in [-0.05, 0) is 18.6 Å². The van der Waals surface area contributed by atoms with Crippen LogP contribution in [0.2, 0.25) is 0 Å². The highest BCUT2D eigenvalue weighted by molar-refractivity contribution is 5.89. The first-order valence-electron chi connectivity index (χ1n) is 5.68. The molecule has 0 fully saturated rings. The summed E-state index contributed by atoms with van der Waals surface area (Å²) in [6.07, 6.45) is 0.421. The van der Waals surface area contributed by atoms with E-state index in [1.54, 1.807) is 0 Å². The fourth-order valence-electron chi connectivity index (χ4n) is 2.01. The largest absolute Gasteiger partial charge is 0.482 e. The van der Waals surface area contributed by atoms with E-state index in [-0.39, 0.29) is 17.3 Å². The van der Waals surface area contributed by atoms with Crippen molar-refractivity contribution in [3.63, 3.8) is 0 Å². The third-order valence-electron chi connectivity index (χ3n) is 2.92. The van der Waals surface area contributed by atoms with Crippen molar-refractivity contribution < 1.29 is 9.53 Å². The smallest absolute Gasteiger partial charge is 0.178 e. The molecule has 0 bridgehead atoms. The number of hydrogen-bond donors (Lipinski definition) is 0. The summed E-state index contributed by atoms with van der Waals surface area (Å²) < 4.78 is 5.70. The third-order valence-corrected chi connectivity index (χ3v) is 2.92. The average Bonchev–Trinajstić information content (AvgIpc) is 2.57. The normalized spacial score (nSPS) is 19.1. The number of carbonyl (C=O) groups excluding carboxylic acids is 1. The van der Waals surface area contributed by atoms with Gasteiger partial charge >= 0.3 is 0 Å². The Morgan fingerprint density at radius 1 is 1.38 bits per heavy atom. The number of hydrogen-bond acceptors (Lipinski definition) is 2. The molecule has 86 valence electrons. The summed E-state index contributed by atoms with van der Waals surface area (Å²) in [5.74, 6) is 1.05. The number of ketones is 1. The van der Waals surface area contributed by atoms with Crippen LogP contribution in [0.3, 0.4) is 0 Å². The van der Waals surface area contributed by atoms with Crippen molar-refractivity contribution in [3.8, 4) is 5.75 Å². The zero-order chi connectivity index (χ0) is 11.9. The summed E-state index contributed by atoms with van der Waals surface area (Å²) in [7, 11) is 0. The Hall–Kier alpha value is -1.31. The maximum absolute atomic E-state index is 12.1. The topological polar surface area (TPSA) is 26.3 Å². The molecule has 1 unspecified atom stereocenters. The first-order chi connectivity index (χ1) is 7.38. The monoisotopic (exact) mass is 218 g/mol. The molecule has 1 atom stereocenters. The van der Waals surface area contributed by atoms with Gasteiger partial charge in [-0.15, -0.1) is 0 Å². The minimum absolute atomic E-state index is 0.182. The van der Waals surface area contributed by atoms with E-state index in [1.165, 1.54) is 5.56 Å². The van der Waals surface area contributed by atoms with E-state index in [2.05, 4.69) is 13.0 Å². The summed E-state index contributed by atoms with van der Waals surface area (Å²) >= 11 is 0. The molecule has 0 N–H and O–H groups in total. The van der Waals surface area contributed by atoms with Crippen molar-refractivity contribution in [2.45, 2.75) is 40.2 Å². The second kappa shape index (κ2) is 3.62. The van der Waals surface area contributed by atoms with Crippen molar-refractivity contribution in [1.82, 2.24) is 0 Å². The molecule has 1 aromatic rings. The Labute approximate surface area is 96.6 Å². The zero-order valence-electron chi connectivity index (χ0n) is 10.3. The fourth-order valence-corrected chi connectivity index (χ4v) is 2.01. The standard InChI is InChI=1S/C14H18O2/c1-9-5-6-11-10(7-9)8-12(16-11)13(15)14(2,3)4/h5-7,12H,8H2,1-4H3. The molecule has 0 aromatic heterocycles. The predicted molar refractivity (Wildman–Crippen MR) is 63.8 cm³/mol. The molecule has 1 heterocycles. The lowest BCUT2D eigenvalue weighted by molar-refractivity contribution is -0.132. The van der Waals surface area contributed by atoms with Gasteiger partial charge in [-0.3, -0.25) is 4.79 Å². The van der Waals surface area contributed by atoms with Crippen molar-refractivity contribution in [2.24, 2.45) is 5.41 Å². The molecule has 0 amide bonds. The number of ether oxygens (including phenoxy) is 1. The fraction of sp³-hybridized carbons (Fsp3) is 0.500. The van der Waals surface area contributed by atoms with Crippen molar-refractivity contribution in [3.05, 3.63) is 29.3 Å². The van der Waals surface area contributed by atoms with Crippen LogP contribution in [0.4, 0.5) is 0 Å². The maximum atomic E-state index is 12.1. The van der Waals surface area contributed by atoms with Crippen LogP contribution in [0.5, 0.6) is 5.75 Å². The van der Waals surface area contributed by atoms with Crippen molar-refractivity contribution in [2.75, 3.05) is 0 Å². The first-order valence-corrected chi connectivity index (χ1v) is 5.68. The summed E-state index contributed by atoms with van der Waals surface area (Å²) in [4.78, 5) is 12.1. The van der Waals surface area contributed by atoms with E-state index in [1.807, 2.05) is 32.9 Å². The van der Waals surface area contributed by atoms with Crippen LogP contribution in [0.25, 0.3) is 0 Å². The highest BCUT2D eigenvalue weighted by Gasteiger charge is 2.35. The number of carbonyl (C=O) groups is 1. The Morgan fingerprint density at radius 3 is 2.69 bits per heavy atom. The van der Waals surface area contributed by atoms with E-state index >= 15 is 0 Å². The van der Waals surface area contributed by atoms with E-state index in [9.17, 15) is 4.79 Å². The minimum Gasteiger partial charge on any atom is -0.482 e. The lowest BCUT2D eigenvalue weighted by atomic mass is 9.86. The van der Waals surface area contributed by atoms with Crippen molar-refractivity contribution >= 4 is 5.78 Å². The van der Waals surface area contributed by atoms with Crippen LogP contribution < -0.4 is 4.74 Å². The van der Waals surface area contributed by atoms with Crippen LogP contribution in [0.1, 0.15) is 31.9 Å². The first kappa shape index (κ1) is 11.2. The molecular formula is C14H18O2. The predicted octanol–water partition coefficient (Wildman–Crippen LogP) is 2.91. The second-order valence-electron chi connectivity index (χ2n) is 5.54. The summed E-state index contributed by atoms with van der Waals surface area (Å²) in [6, 6.07) is 6.08. The molecule has 0 saturated carbocycles. The van der Waals surface area contributed by atoms with Gasteiger partial charge in [0.25, 0.3) is 0 Å². The van der Waals surface area contributed by atoms with Crippen LogP contribution in [0.15, 0.2) is 18.2 Å². The maximum Gasteiger partial charge on any atom is 0.178 e. The Kier molecular flexibility index (Phi) is 2.53. The highest BCUT2D eigenvalue weighted by atomic mass is 16.5. The van der Waals surface area contributed by atoms with Gasteiger partial charge in [0.1, 0.15) is 5.75 Å². The Bertz CT molecular complexity index is 427. The molecular weight excluding hydrogens is 200 g/mol. The zero-order valence-corrected chi connectivity index (χ0v) is 10.3. The van der Waals surface area contributed by atoms with Gasteiger partial charge in [0.15, 0.2) is 11.9 Å². The molecule has 1 aliphatic rings. The Morgan fingerprint density at radius 2 is 2.06 bits per heavy atom. The summed E-state index contributed by atoms with van der Waals surface area (Å²) in [5.41, 5.74) is 2.04. The van der Waals surface area contributed by atoms with E-state index < -0.39 is 0 Å². The quantitative estimate of drug-likeness (QED) is 0.724. The van der Waals surface area contributed by atoms with Gasteiger partial charge < -0.3 is 4.74 Å². The van der Waals surface area contributed by atoms with Gasteiger partial charge in [-0.1, -0.05) is 38.5 Å². The summed E-state index contributed by atoms with van der Waals surface area (Å²) in [5, 5.41) is 0. The van der Waals surface area contributed by atoms with Crippen LogP contribution in [-0.4, -0.2) is 11.9 Å². The SMILES string of the molecule is Cc1ccc2c(c1)CC(C(=O)C(C)(C)C)O2. The molecule has 0 spiro atoms. The molecule has 2 rings (SSSR count). The van der Waals surface area contributed by atoms with Crippen molar-refractivity contribution in [1.29, 1.82) is 0 Å². The number of fused-ring (bicyclic) bond motifs is 1. The third kappa shape index (κ3) is 1.97. The van der Waals surface area contributed by atoms with Crippen LogP contribution in [-0.2, 0) is 11.2 Å². The van der Waals surface area contributed by atoms with Crippen LogP contribution >= 0.6 is 0 Å². The molecule has 16 heavy (non-hydrogen) atoms. The highest BCUT2D eigenvalue weighted by Crippen LogP contribution is 2.32. The van der Waals surface area contributed by atoms with E-state index in [4.69, 9.17) is 4.74 Å². The molecule has 2 heteroatoms. The molecule has 0 radical (unpaired) electrons. The van der Waals surface area contributed by atoms with Gasteiger partial charge in [0.05, 0.1) is 0 Å². The lowest BCUT2D eigenvalue weighted by Crippen LogP contribution is -2.35. The number of rotatable bonds is 1. The molecule has 1 aliphatic heterocycles. The molecule has 0 saturated heterocycles. The lowest BCUT2D eigenvalue weighted by Gasteiger charge is -2.20. The van der Waals surface area contributed by atoms with E-state index in [0.717, 1.165) is 11.3 Å². The molecule has 0 aliphatic carbocycles. The molecule has 2 nitrogen and oxygen atoms in total. The number of benzene rings is 1. The van der Waals surface area contributed by atoms with Crippen LogP contribution in [0, 0.1) is 12.3 Å². The Balaban J connectivity index is 2.20. The van der Waals surface area contributed by atoms with Gasteiger partial charge in [0, 0.05) is 11.8 Å².